The molecule has 0 radical (unpaired) electrons. The van der Waals surface area contributed by atoms with Gasteiger partial charge in [0.25, 0.3) is 0 Å². The molecule has 0 spiro atoms. The monoisotopic (exact) mass is 302 g/mol. The summed E-state index contributed by atoms with van der Waals surface area (Å²) in [5.74, 6) is 1.22. The van der Waals surface area contributed by atoms with Crippen molar-refractivity contribution in [3.63, 3.8) is 0 Å². The summed E-state index contributed by atoms with van der Waals surface area (Å²) in [7, 11) is 0. The van der Waals surface area contributed by atoms with Crippen molar-refractivity contribution in [1.82, 2.24) is 9.80 Å². The number of para-hydroxylation sites is 1. The van der Waals surface area contributed by atoms with E-state index in [0.29, 0.717) is 0 Å². The van der Waals surface area contributed by atoms with Crippen molar-refractivity contribution >= 4 is 5.91 Å². The summed E-state index contributed by atoms with van der Waals surface area (Å²) in [6.45, 7) is 7.75. The standard InChI is InChI=1S/C18H26N2O2/c1-3-16(19-10-6-7-11-19)18(21)20-12-15(13-20)22-17-9-5-4-8-14(17)2/h4-5,8-9,15-16H,3,6-7,10-13H2,1-2H3. The number of carbonyl (C=O) groups excluding carboxylic acids is 1. The zero-order valence-electron chi connectivity index (χ0n) is 13.6. The minimum atomic E-state index is 0.0712. The van der Waals surface area contributed by atoms with Crippen LogP contribution in [-0.4, -0.2) is 54.0 Å². The molecular formula is C18H26N2O2. The normalized spacial score (nSPS) is 20.7. The molecule has 0 N–H and O–H groups in total. The molecule has 120 valence electrons. The average Bonchev–Trinajstić information content (AvgIpc) is 2.99. The minimum absolute atomic E-state index is 0.0712. The van der Waals surface area contributed by atoms with Crippen LogP contribution in [0.1, 0.15) is 31.7 Å². The molecule has 1 aromatic carbocycles. The van der Waals surface area contributed by atoms with Crippen LogP contribution in [0.4, 0.5) is 0 Å². The van der Waals surface area contributed by atoms with Crippen LogP contribution >= 0.6 is 0 Å². The van der Waals surface area contributed by atoms with Crippen LogP contribution in [0.15, 0.2) is 24.3 Å². The Labute approximate surface area is 133 Å². The van der Waals surface area contributed by atoms with Crippen LogP contribution in [0.5, 0.6) is 5.75 Å². The second-order valence-corrected chi connectivity index (χ2v) is 6.42. The Balaban J connectivity index is 1.52. The van der Waals surface area contributed by atoms with Gasteiger partial charge in [-0.15, -0.1) is 0 Å². The summed E-state index contributed by atoms with van der Waals surface area (Å²) < 4.78 is 5.99. The number of nitrogens with zero attached hydrogens (tertiary/aromatic N) is 2. The van der Waals surface area contributed by atoms with E-state index in [4.69, 9.17) is 4.74 Å². The topological polar surface area (TPSA) is 32.8 Å². The van der Waals surface area contributed by atoms with Gasteiger partial charge in [0.2, 0.25) is 5.91 Å². The predicted molar refractivity (Wildman–Crippen MR) is 87.1 cm³/mol. The third kappa shape index (κ3) is 3.12. The lowest BCUT2D eigenvalue weighted by Gasteiger charge is -2.42. The fourth-order valence-electron chi connectivity index (χ4n) is 3.41. The van der Waals surface area contributed by atoms with Crippen molar-refractivity contribution < 1.29 is 9.53 Å². The van der Waals surface area contributed by atoms with Gasteiger partial charge in [0.05, 0.1) is 19.1 Å². The Morgan fingerprint density at radius 1 is 1.27 bits per heavy atom. The molecule has 2 aliphatic rings. The van der Waals surface area contributed by atoms with Crippen LogP contribution < -0.4 is 4.74 Å². The summed E-state index contributed by atoms with van der Waals surface area (Å²) in [5.41, 5.74) is 1.15. The second kappa shape index (κ2) is 6.69. The van der Waals surface area contributed by atoms with Crippen LogP contribution in [0, 0.1) is 6.92 Å². The van der Waals surface area contributed by atoms with Gasteiger partial charge in [-0.1, -0.05) is 25.1 Å². The molecular weight excluding hydrogens is 276 g/mol. The highest BCUT2D eigenvalue weighted by Gasteiger charge is 2.37. The van der Waals surface area contributed by atoms with E-state index in [2.05, 4.69) is 24.8 Å². The summed E-state index contributed by atoms with van der Waals surface area (Å²) in [6, 6.07) is 8.13. The van der Waals surface area contributed by atoms with Crippen molar-refractivity contribution in [2.75, 3.05) is 26.2 Å². The number of hydrogen-bond donors (Lipinski definition) is 0. The van der Waals surface area contributed by atoms with Crippen LogP contribution in [0.25, 0.3) is 0 Å². The number of aryl methyl sites for hydroxylation is 1. The minimum Gasteiger partial charge on any atom is -0.486 e. The molecule has 2 heterocycles. The highest BCUT2D eigenvalue weighted by atomic mass is 16.5. The van der Waals surface area contributed by atoms with E-state index in [0.717, 1.165) is 43.9 Å². The van der Waals surface area contributed by atoms with Crippen LogP contribution in [-0.2, 0) is 4.79 Å². The number of rotatable bonds is 5. The number of amides is 1. The summed E-state index contributed by atoms with van der Waals surface area (Å²) in [5, 5.41) is 0. The third-order valence-corrected chi connectivity index (χ3v) is 4.80. The fraction of sp³-hybridized carbons (Fsp3) is 0.611. The number of likely N-dealkylation sites (tertiary alicyclic amines) is 2. The van der Waals surface area contributed by atoms with Crippen molar-refractivity contribution in [3.05, 3.63) is 29.8 Å². The molecule has 0 aromatic heterocycles. The van der Waals surface area contributed by atoms with Gasteiger partial charge in [0.15, 0.2) is 0 Å². The first-order valence-electron chi connectivity index (χ1n) is 8.44. The first-order valence-corrected chi connectivity index (χ1v) is 8.44. The summed E-state index contributed by atoms with van der Waals surface area (Å²) >= 11 is 0. The van der Waals surface area contributed by atoms with Gasteiger partial charge in [0.1, 0.15) is 11.9 Å². The number of hydrogen-bond acceptors (Lipinski definition) is 3. The smallest absolute Gasteiger partial charge is 0.240 e. The highest BCUT2D eigenvalue weighted by molar-refractivity contribution is 5.82. The SMILES string of the molecule is CCC(C(=O)N1CC(Oc2ccccc2C)C1)N1CCCC1. The molecule has 1 aromatic rings. The second-order valence-electron chi connectivity index (χ2n) is 6.42. The summed E-state index contributed by atoms with van der Waals surface area (Å²) in [6.07, 6.45) is 3.49. The Kier molecular flexibility index (Phi) is 4.67. The molecule has 22 heavy (non-hydrogen) atoms. The van der Waals surface area contributed by atoms with E-state index in [1.165, 1.54) is 12.8 Å². The zero-order valence-corrected chi connectivity index (χ0v) is 13.6. The Morgan fingerprint density at radius 2 is 1.95 bits per heavy atom. The van der Waals surface area contributed by atoms with Crippen molar-refractivity contribution in [2.24, 2.45) is 0 Å². The van der Waals surface area contributed by atoms with Gasteiger partial charge in [-0.2, -0.15) is 0 Å². The maximum absolute atomic E-state index is 12.6. The molecule has 0 saturated carbocycles. The molecule has 0 aliphatic carbocycles. The average molecular weight is 302 g/mol. The molecule has 4 heteroatoms. The lowest BCUT2D eigenvalue weighted by molar-refractivity contribution is -0.145. The molecule has 2 fully saturated rings. The van der Waals surface area contributed by atoms with Gasteiger partial charge >= 0.3 is 0 Å². The molecule has 2 saturated heterocycles. The first-order chi connectivity index (χ1) is 10.7. The molecule has 1 unspecified atom stereocenters. The Hall–Kier alpha value is -1.55. The Morgan fingerprint density at radius 3 is 2.59 bits per heavy atom. The summed E-state index contributed by atoms with van der Waals surface area (Å²) in [4.78, 5) is 16.9. The number of benzene rings is 1. The molecule has 0 bridgehead atoms. The van der Waals surface area contributed by atoms with Gasteiger partial charge in [-0.05, 0) is 50.9 Å². The lowest BCUT2D eigenvalue weighted by atomic mass is 10.1. The van der Waals surface area contributed by atoms with E-state index in [1.54, 1.807) is 0 Å². The molecule has 4 nitrogen and oxygen atoms in total. The van der Waals surface area contributed by atoms with Crippen molar-refractivity contribution in [2.45, 2.75) is 45.3 Å². The largest absolute Gasteiger partial charge is 0.486 e. The molecule has 2 aliphatic heterocycles. The quantitative estimate of drug-likeness (QED) is 0.837. The van der Waals surface area contributed by atoms with E-state index >= 15 is 0 Å². The number of carbonyl (C=O) groups is 1. The maximum Gasteiger partial charge on any atom is 0.240 e. The van der Waals surface area contributed by atoms with Crippen molar-refractivity contribution in [1.29, 1.82) is 0 Å². The highest BCUT2D eigenvalue weighted by Crippen LogP contribution is 2.24. The fourth-order valence-corrected chi connectivity index (χ4v) is 3.41. The van der Waals surface area contributed by atoms with Gasteiger partial charge in [-0.25, -0.2) is 0 Å². The van der Waals surface area contributed by atoms with Crippen LogP contribution in [0.2, 0.25) is 0 Å². The maximum atomic E-state index is 12.6. The van der Waals surface area contributed by atoms with E-state index in [9.17, 15) is 4.79 Å². The lowest BCUT2D eigenvalue weighted by Crippen LogP contribution is -2.60. The van der Waals surface area contributed by atoms with E-state index in [-0.39, 0.29) is 18.1 Å². The van der Waals surface area contributed by atoms with Crippen molar-refractivity contribution in [3.8, 4) is 5.75 Å². The first kappa shape index (κ1) is 15.3. The van der Waals surface area contributed by atoms with Gasteiger partial charge in [0, 0.05) is 0 Å². The van der Waals surface area contributed by atoms with E-state index < -0.39 is 0 Å². The van der Waals surface area contributed by atoms with Crippen LogP contribution in [0.3, 0.4) is 0 Å². The van der Waals surface area contributed by atoms with Gasteiger partial charge < -0.3 is 9.64 Å². The predicted octanol–water partition coefficient (Wildman–Crippen LogP) is 2.46. The zero-order chi connectivity index (χ0) is 15.5. The third-order valence-electron chi connectivity index (χ3n) is 4.80. The Bertz CT molecular complexity index is 520. The van der Waals surface area contributed by atoms with Gasteiger partial charge in [-0.3, -0.25) is 9.69 Å². The van der Waals surface area contributed by atoms with E-state index in [1.807, 2.05) is 23.1 Å². The molecule has 1 amide bonds. The molecule has 1 atom stereocenters. The number of ether oxygens (including phenoxy) is 1. The molecule has 3 rings (SSSR count).